The van der Waals surface area contributed by atoms with Crippen molar-refractivity contribution in [3.8, 4) is 0 Å². The molecule has 82 valence electrons. The molecule has 0 rings (SSSR count). The van der Waals surface area contributed by atoms with E-state index in [1.54, 1.807) is 6.20 Å². The van der Waals surface area contributed by atoms with Crippen LogP contribution >= 0.6 is 15.9 Å². The van der Waals surface area contributed by atoms with Gasteiger partial charge in [0.15, 0.2) is 0 Å². The molecule has 0 bridgehead atoms. The number of nitrogens with one attached hydrogen (secondary N) is 1. The average molecular weight is 268 g/mol. The Bertz CT molecular complexity index is 212. The minimum Gasteiger partial charge on any atom is -0.385 e. The number of rotatable bonds is 6. The van der Waals surface area contributed by atoms with Gasteiger partial charge in [0.25, 0.3) is 6.43 Å². The molecule has 4 heteroatoms. The van der Waals surface area contributed by atoms with Crippen LogP contribution in [-0.2, 0) is 0 Å². The van der Waals surface area contributed by atoms with Crippen LogP contribution < -0.4 is 5.32 Å². The van der Waals surface area contributed by atoms with Gasteiger partial charge in [0.1, 0.15) is 0 Å². The highest BCUT2D eigenvalue weighted by molar-refractivity contribution is 9.09. The zero-order chi connectivity index (χ0) is 11.0. The Labute approximate surface area is 92.4 Å². The fourth-order valence-electron chi connectivity index (χ4n) is 0.816. The van der Waals surface area contributed by atoms with E-state index in [1.165, 1.54) is 5.57 Å². The lowest BCUT2D eigenvalue weighted by Gasteiger charge is -2.02. The Morgan fingerprint density at radius 2 is 2.14 bits per heavy atom. The standard InChI is InChI=1S/C10H16BrF2N/c1-3-8(2)4-9(5-11)6-14-7-10(12)13/h4,6,10,14H,3,5,7H2,1-2H3/b8-4-,9-6+. The highest BCUT2D eigenvalue weighted by atomic mass is 79.9. The topological polar surface area (TPSA) is 12.0 Å². The summed E-state index contributed by atoms with van der Waals surface area (Å²) in [6.07, 6.45) is 2.28. The molecule has 0 unspecified atom stereocenters. The van der Waals surface area contributed by atoms with Crippen LogP contribution in [0.4, 0.5) is 8.78 Å². The van der Waals surface area contributed by atoms with Gasteiger partial charge in [-0.05, 0) is 18.9 Å². The van der Waals surface area contributed by atoms with Crippen LogP contribution in [0.5, 0.6) is 0 Å². The summed E-state index contributed by atoms with van der Waals surface area (Å²) in [4.78, 5) is 0. The molecule has 0 heterocycles. The molecule has 0 aromatic carbocycles. The van der Waals surface area contributed by atoms with Crippen molar-refractivity contribution in [3.05, 3.63) is 23.4 Å². The molecule has 0 radical (unpaired) electrons. The number of allylic oxidation sites excluding steroid dienone is 3. The van der Waals surface area contributed by atoms with E-state index < -0.39 is 6.43 Å². The van der Waals surface area contributed by atoms with E-state index in [9.17, 15) is 8.78 Å². The van der Waals surface area contributed by atoms with Gasteiger partial charge >= 0.3 is 0 Å². The molecule has 0 spiro atoms. The van der Waals surface area contributed by atoms with Crippen LogP contribution in [0.2, 0.25) is 0 Å². The van der Waals surface area contributed by atoms with Crippen LogP contribution in [0.25, 0.3) is 0 Å². The van der Waals surface area contributed by atoms with Crippen LogP contribution in [0, 0.1) is 0 Å². The third-order valence-corrected chi connectivity index (χ3v) is 2.35. The van der Waals surface area contributed by atoms with Gasteiger partial charge in [0, 0.05) is 11.5 Å². The normalized spacial score (nSPS) is 13.6. The second-order valence-corrected chi connectivity index (χ2v) is 3.56. The first-order valence-corrected chi connectivity index (χ1v) is 5.66. The fraction of sp³-hybridized carbons (Fsp3) is 0.600. The minimum atomic E-state index is -2.31. The number of hydrogen-bond acceptors (Lipinski definition) is 1. The number of halogens is 3. The lowest BCUT2D eigenvalue weighted by molar-refractivity contribution is 0.150. The monoisotopic (exact) mass is 267 g/mol. The van der Waals surface area contributed by atoms with Gasteiger partial charge in [-0.2, -0.15) is 0 Å². The molecule has 14 heavy (non-hydrogen) atoms. The Balaban J connectivity index is 4.12. The average Bonchev–Trinajstić information content (AvgIpc) is 2.15. The van der Waals surface area contributed by atoms with Crippen molar-refractivity contribution >= 4 is 15.9 Å². The van der Waals surface area contributed by atoms with Gasteiger partial charge in [0.2, 0.25) is 0 Å². The summed E-state index contributed by atoms with van der Waals surface area (Å²) < 4.78 is 23.6. The van der Waals surface area contributed by atoms with Crippen LogP contribution in [0.15, 0.2) is 23.4 Å². The van der Waals surface area contributed by atoms with Crippen molar-refractivity contribution in [2.75, 3.05) is 11.9 Å². The van der Waals surface area contributed by atoms with Gasteiger partial charge in [-0.1, -0.05) is 34.5 Å². The highest BCUT2D eigenvalue weighted by Crippen LogP contribution is 2.07. The molecule has 0 aliphatic heterocycles. The lowest BCUT2D eigenvalue weighted by Crippen LogP contribution is -2.15. The van der Waals surface area contributed by atoms with E-state index in [2.05, 4.69) is 28.2 Å². The highest BCUT2D eigenvalue weighted by Gasteiger charge is 1.98. The lowest BCUT2D eigenvalue weighted by atomic mass is 10.1. The summed E-state index contributed by atoms with van der Waals surface area (Å²) in [6.45, 7) is 3.78. The van der Waals surface area contributed by atoms with Crippen molar-refractivity contribution < 1.29 is 8.78 Å². The van der Waals surface area contributed by atoms with Crippen LogP contribution in [-0.4, -0.2) is 18.3 Å². The Hall–Kier alpha value is -0.380. The van der Waals surface area contributed by atoms with E-state index in [0.29, 0.717) is 5.33 Å². The summed E-state index contributed by atoms with van der Waals surface area (Å²) in [5.74, 6) is 0. The smallest absolute Gasteiger partial charge is 0.255 e. The maximum absolute atomic E-state index is 11.8. The Morgan fingerprint density at radius 1 is 1.50 bits per heavy atom. The first-order valence-electron chi connectivity index (χ1n) is 4.53. The molecule has 0 saturated carbocycles. The fourth-order valence-corrected chi connectivity index (χ4v) is 1.14. The van der Waals surface area contributed by atoms with Crippen molar-refractivity contribution in [2.45, 2.75) is 26.7 Å². The molecule has 0 saturated heterocycles. The van der Waals surface area contributed by atoms with E-state index in [-0.39, 0.29) is 6.54 Å². The number of hydrogen-bond donors (Lipinski definition) is 1. The Morgan fingerprint density at radius 3 is 2.57 bits per heavy atom. The summed E-state index contributed by atoms with van der Waals surface area (Å²) >= 11 is 3.30. The first kappa shape index (κ1) is 13.6. The second kappa shape index (κ2) is 7.97. The van der Waals surface area contributed by atoms with Gasteiger partial charge in [-0.25, -0.2) is 8.78 Å². The summed E-state index contributed by atoms with van der Waals surface area (Å²) in [5, 5.41) is 3.25. The largest absolute Gasteiger partial charge is 0.385 e. The molecule has 0 atom stereocenters. The predicted octanol–water partition coefficient (Wildman–Crippen LogP) is 3.48. The van der Waals surface area contributed by atoms with Gasteiger partial charge in [0.05, 0.1) is 6.54 Å². The van der Waals surface area contributed by atoms with Crippen molar-refractivity contribution in [1.29, 1.82) is 0 Å². The molecule has 1 nitrogen and oxygen atoms in total. The van der Waals surface area contributed by atoms with Crippen molar-refractivity contribution in [2.24, 2.45) is 0 Å². The molecule has 0 aromatic heterocycles. The van der Waals surface area contributed by atoms with E-state index in [0.717, 1.165) is 12.0 Å². The minimum absolute atomic E-state index is 0.296. The van der Waals surface area contributed by atoms with Crippen molar-refractivity contribution in [3.63, 3.8) is 0 Å². The van der Waals surface area contributed by atoms with E-state index in [1.807, 2.05) is 13.0 Å². The summed E-state index contributed by atoms with van der Waals surface area (Å²) in [7, 11) is 0. The molecule has 0 aliphatic carbocycles. The van der Waals surface area contributed by atoms with E-state index >= 15 is 0 Å². The van der Waals surface area contributed by atoms with Crippen LogP contribution in [0.1, 0.15) is 20.3 Å². The van der Waals surface area contributed by atoms with Gasteiger partial charge in [-0.3, -0.25) is 0 Å². The number of alkyl halides is 3. The third-order valence-electron chi connectivity index (χ3n) is 1.70. The SMILES string of the molecule is CC/C(C)=C\C(=C/NCC(F)F)CBr. The first-order chi connectivity index (χ1) is 6.60. The van der Waals surface area contributed by atoms with Gasteiger partial charge < -0.3 is 5.32 Å². The summed E-state index contributed by atoms with van der Waals surface area (Å²) in [5.41, 5.74) is 2.21. The van der Waals surface area contributed by atoms with Crippen molar-refractivity contribution in [1.82, 2.24) is 5.32 Å². The second-order valence-electron chi connectivity index (χ2n) is 3.00. The van der Waals surface area contributed by atoms with Gasteiger partial charge in [-0.15, -0.1) is 0 Å². The molecule has 0 amide bonds. The molecule has 1 N–H and O–H groups in total. The zero-order valence-corrected chi connectivity index (χ0v) is 10.1. The van der Waals surface area contributed by atoms with E-state index in [4.69, 9.17) is 0 Å². The maximum Gasteiger partial charge on any atom is 0.255 e. The van der Waals surface area contributed by atoms with Crippen LogP contribution in [0.3, 0.4) is 0 Å². The molecular weight excluding hydrogens is 252 g/mol. The summed E-state index contributed by atoms with van der Waals surface area (Å²) in [6, 6.07) is 0. The molecule has 0 fully saturated rings. The maximum atomic E-state index is 11.8. The third kappa shape index (κ3) is 7.06. The Kier molecular flexibility index (Phi) is 7.76. The molecule has 0 aromatic rings. The zero-order valence-electron chi connectivity index (χ0n) is 8.49. The molecule has 0 aliphatic rings. The predicted molar refractivity (Wildman–Crippen MR) is 59.9 cm³/mol. The quantitative estimate of drug-likeness (QED) is 0.574. The molecular formula is C10H16BrF2N.